The molecule has 2 aliphatic rings. The van der Waals surface area contributed by atoms with Gasteiger partial charge in [0.05, 0.1) is 23.8 Å². The molecule has 0 spiro atoms. The van der Waals surface area contributed by atoms with E-state index in [4.69, 9.17) is 0 Å². The molecule has 0 saturated carbocycles. The molecule has 2 fully saturated rings. The second-order valence-corrected chi connectivity index (χ2v) is 8.76. The average Bonchev–Trinajstić information content (AvgIpc) is 3.31. The second-order valence-electron chi connectivity index (χ2n) is 8.76. The average molecular weight is 420 g/mol. The minimum Gasteiger partial charge on any atom is -0.507 e. The molecule has 8 heteroatoms. The number of aromatic hydroxyl groups is 1. The SMILES string of the molecule is C=C(c1cnc(-c2ccc(-n3ccnc3)cc2O)nn1)[C@@H]1C[C@H]2CCC[C@](C)(N2)[C@@H]1F. The van der Waals surface area contributed by atoms with Crippen molar-refractivity contribution in [1.29, 1.82) is 0 Å². The van der Waals surface area contributed by atoms with Gasteiger partial charge in [0, 0.05) is 36.0 Å². The molecule has 2 aliphatic heterocycles. The van der Waals surface area contributed by atoms with Gasteiger partial charge in [0.15, 0.2) is 5.82 Å². The number of nitrogens with one attached hydrogen (secondary N) is 1. The van der Waals surface area contributed by atoms with Crippen LogP contribution in [-0.4, -0.2) is 47.6 Å². The Labute approximate surface area is 180 Å². The molecule has 3 aromatic rings. The summed E-state index contributed by atoms with van der Waals surface area (Å²) in [6, 6.07) is 5.51. The number of aromatic nitrogens is 5. The van der Waals surface area contributed by atoms with Crippen molar-refractivity contribution in [2.24, 2.45) is 5.92 Å². The van der Waals surface area contributed by atoms with Gasteiger partial charge in [-0.25, -0.2) is 14.4 Å². The number of benzene rings is 1. The summed E-state index contributed by atoms with van der Waals surface area (Å²) in [7, 11) is 0. The Morgan fingerprint density at radius 1 is 1.35 bits per heavy atom. The summed E-state index contributed by atoms with van der Waals surface area (Å²) >= 11 is 0. The van der Waals surface area contributed by atoms with E-state index in [2.05, 4.69) is 32.1 Å². The van der Waals surface area contributed by atoms with Crippen molar-refractivity contribution in [2.75, 3.05) is 0 Å². The smallest absolute Gasteiger partial charge is 0.185 e. The van der Waals surface area contributed by atoms with Gasteiger partial charge in [0.1, 0.15) is 17.6 Å². The van der Waals surface area contributed by atoms with Crippen molar-refractivity contribution in [3.8, 4) is 22.8 Å². The number of phenolic OH excluding ortho intramolecular Hbond substituents is 1. The number of phenols is 1. The first-order chi connectivity index (χ1) is 14.9. The van der Waals surface area contributed by atoms with Gasteiger partial charge < -0.3 is 15.0 Å². The van der Waals surface area contributed by atoms with Crippen LogP contribution in [0.25, 0.3) is 22.6 Å². The fourth-order valence-electron chi connectivity index (χ4n) is 4.93. The first-order valence-corrected chi connectivity index (χ1v) is 10.6. The maximum Gasteiger partial charge on any atom is 0.185 e. The molecule has 2 aromatic heterocycles. The number of fused-ring (bicyclic) bond motifs is 2. The summed E-state index contributed by atoms with van der Waals surface area (Å²) in [5.41, 5.74) is 1.86. The van der Waals surface area contributed by atoms with Crippen molar-refractivity contribution in [1.82, 2.24) is 30.0 Å². The third-order valence-electron chi connectivity index (χ3n) is 6.65. The lowest BCUT2D eigenvalue weighted by molar-refractivity contribution is 0.0324. The third-order valence-corrected chi connectivity index (χ3v) is 6.65. The molecule has 2 bridgehead atoms. The number of alkyl halides is 1. The lowest BCUT2D eigenvalue weighted by Gasteiger charge is -2.50. The highest BCUT2D eigenvalue weighted by Gasteiger charge is 2.48. The number of piperidine rings is 2. The first-order valence-electron chi connectivity index (χ1n) is 10.6. The molecule has 0 amide bonds. The zero-order chi connectivity index (χ0) is 21.6. The van der Waals surface area contributed by atoms with E-state index in [1.807, 2.05) is 13.0 Å². The molecule has 31 heavy (non-hydrogen) atoms. The molecule has 7 nitrogen and oxygen atoms in total. The Kier molecular flexibility index (Phi) is 4.81. The fourth-order valence-corrected chi connectivity index (χ4v) is 4.93. The lowest BCUT2D eigenvalue weighted by atomic mass is 9.69. The van der Waals surface area contributed by atoms with Crippen molar-refractivity contribution < 1.29 is 9.50 Å². The van der Waals surface area contributed by atoms with Gasteiger partial charge >= 0.3 is 0 Å². The molecule has 2 N–H and O–H groups in total. The van der Waals surface area contributed by atoms with E-state index in [-0.39, 0.29) is 11.7 Å². The molecule has 4 atom stereocenters. The van der Waals surface area contributed by atoms with Gasteiger partial charge in [0.25, 0.3) is 0 Å². The van der Waals surface area contributed by atoms with Crippen LogP contribution >= 0.6 is 0 Å². The summed E-state index contributed by atoms with van der Waals surface area (Å²) in [5.74, 6) is 0.0426. The number of nitrogens with zero attached hydrogens (tertiary/aromatic N) is 5. The number of imidazole rings is 1. The topological polar surface area (TPSA) is 88.8 Å². The lowest BCUT2D eigenvalue weighted by Crippen LogP contribution is -2.63. The van der Waals surface area contributed by atoms with Crippen LogP contribution in [0.5, 0.6) is 5.75 Å². The Balaban J connectivity index is 1.37. The number of hydrogen-bond donors (Lipinski definition) is 2. The number of hydrogen-bond acceptors (Lipinski definition) is 6. The molecule has 0 radical (unpaired) electrons. The van der Waals surface area contributed by atoms with E-state index >= 15 is 4.39 Å². The molecule has 5 rings (SSSR count). The molecular formula is C23H25FN6O. The van der Waals surface area contributed by atoms with E-state index in [9.17, 15) is 5.11 Å². The van der Waals surface area contributed by atoms with Gasteiger partial charge in [-0.15, -0.1) is 10.2 Å². The standard InChI is InChI=1S/C23H25FN6O/c1-14(18-10-15-4-3-7-23(2,27-15)21(18)24)19-12-26-22(29-28-19)17-6-5-16(11-20(17)31)30-9-8-25-13-30/h5-6,8-9,11-13,15,18,21,27,31H,1,3-4,7,10H2,2H3/t15-,18+,21-,23+/m1/s1. The summed E-state index contributed by atoms with van der Waals surface area (Å²) in [6.45, 7) is 6.11. The fraction of sp³-hybridized carbons (Fsp3) is 0.391. The predicted octanol–water partition coefficient (Wildman–Crippen LogP) is 3.70. The van der Waals surface area contributed by atoms with Crippen LogP contribution in [0.3, 0.4) is 0 Å². The summed E-state index contributed by atoms with van der Waals surface area (Å²) in [4.78, 5) is 8.39. The normalized spacial score (nSPS) is 27.7. The van der Waals surface area contributed by atoms with Crippen LogP contribution < -0.4 is 5.32 Å². The van der Waals surface area contributed by atoms with Crippen molar-refractivity contribution >= 4 is 5.57 Å². The zero-order valence-corrected chi connectivity index (χ0v) is 17.4. The van der Waals surface area contributed by atoms with E-state index in [0.717, 1.165) is 24.9 Å². The maximum atomic E-state index is 15.4. The third kappa shape index (κ3) is 3.50. The second kappa shape index (κ2) is 7.53. The Hall–Kier alpha value is -3.13. The highest BCUT2D eigenvalue weighted by Crippen LogP contribution is 2.43. The van der Waals surface area contributed by atoms with Crippen molar-refractivity contribution in [2.45, 2.75) is 50.4 Å². The van der Waals surface area contributed by atoms with Gasteiger partial charge in [-0.3, -0.25) is 0 Å². The van der Waals surface area contributed by atoms with E-state index < -0.39 is 11.7 Å². The van der Waals surface area contributed by atoms with Gasteiger partial charge in [-0.2, -0.15) is 0 Å². The quantitative estimate of drug-likeness (QED) is 0.669. The summed E-state index contributed by atoms with van der Waals surface area (Å²) in [6.07, 6.45) is 9.29. The molecule has 0 unspecified atom stereocenters. The largest absolute Gasteiger partial charge is 0.507 e. The first kappa shape index (κ1) is 19.8. The molecule has 2 saturated heterocycles. The molecule has 1 aromatic carbocycles. The minimum absolute atomic E-state index is 0.0440. The van der Waals surface area contributed by atoms with Crippen LogP contribution in [0.1, 0.15) is 38.3 Å². The predicted molar refractivity (Wildman–Crippen MR) is 115 cm³/mol. The minimum atomic E-state index is -1.03. The van der Waals surface area contributed by atoms with Crippen molar-refractivity contribution in [3.63, 3.8) is 0 Å². The van der Waals surface area contributed by atoms with E-state index in [0.29, 0.717) is 35.1 Å². The van der Waals surface area contributed by atoms with Crippen LogP contribution in [0.15, 0.2) is 49.7 Å². The van der Waals surface area contributed by atoms with Crippen LogP contribution in [-0.2, 0) is 0 Å². The molecular weight excluding hydrogens is 395 g/mol. The van der Waals surface area contributed by atoms with Crippen LogP contribution in [0, 0.1) is 5.92 Å². The van der Waals surface area contributed by atoms with E-state index in [1.54, 1.807) is 41.6 Å². The number of halogens is 1. The summed E-state index contributed by atoms with van der Waals surface area (Å²) < 4.78 is 17.2. The highest BCUT2D eigenvalue weighted by atomic mass is 19.1. The van der Waals surface area contributed by atoms with Crippen LogP contribution in [0.4, 0.5) is 4.39 Å². The van der Waals surface area contributed by atoms with Gasteiger partial charge in [-0.1, -0.05) is 6.58 Å². The Morgan fingerprint density at radius 2 is 2.23 bits per heavy atom. The van der Waals surface area contributed by atoms with Crippen molar-refractivity contribution in [3.05, 3.63) is 55.4 Å². The molecule has 0 aliphatic carbocycles. The maximum absolute atomic E-state index is 15.4. The zero-order valence-electron chi connectivity index (χ0n) is 17.4. The van der Waals surface area contributed by atoms with Gasteiger partial charge in [0.2, 0.25) is 0 Å². The van der Waals surface area contributed by atoms with Gasteiger partial charge in [-0.05, 0) is 50.3 Å². The molecule has 4 heterocycles. The Morgan fingerprint density at radius 3 is 2.94 bits per heavy atom. The molecule has 160 valence electrons. The highest BCUT2D eigenvalue weighted by molar-refractivity contribution is 5.67. The Bertz CT molecular complexity index is 1100. The monoisotopic (exact) mass is 420 g/mol. The van der Waals surface area contributed by atoms with E-state index in [1.165, 1.54) is 0 Å². The number of allylic oxidation sites excluding steroid dienone is 1. The number of rotatable bonds is 4. The summed E-state index contributed by atoms with van der Waals surface area (Å²) in [5, 5.41) is 22.4. The van der Waals surface area contributed by atoms with Crippen LogP contribution in [0.2, 0.25) is 0 Å².